The Balaban J connectivity index is 2.89. The van der Waals surface area contributed by atoms with Gasteiger partial charge in [-0.25, -0.2) is 4.21 Å². The van der Waals surface area contributed by atoms with E-state index in [0.29, 0.717) is 6.54 Å². The van der Waals surface area contributed by atoms with Gasteiger partial charge >= 0.3 is 0 Å². The zero-order valence-corrected chi connectivity index (χ0v) is 7.38. The van der Waals surface area contributed by atoms with Gasteiger partial charge in [-0.3, -0.25) is 0 Å². The molecule has 0 heterocycles. The van der Waals surface area contributed by atoms with Crippen LogP contribution in [0.2, 0.25) is 0 Å². The predicted octanol–water partition coefficient (Wildman–Crippen LogP) is 0.867. The molecule has 1 aromatic carbocycles. The van der Waals surface area contributed by atoms with E-state index in [-0.39, 0.29) is 5.75 Å². The minimum absolute atomic E-state index is 0.160. The summed E-state index contributed by atoms with van der Waals surface area (Å²) in [7, 11) is 0. The van der Waals surface area contributed by atoms with Crippen molar-refractivity contribution in [3.05, 3.63) is 35.4 Å². The van der Waals surface area contributed by atoms with Gasteiger partial charge in [0.1, 0.15) is 0 Å². The zero-order valence-electron chi connectivity index (χ0n) is 6.56. The van der Waals surface area contributed by atoms with Gasteiger partial charge in [-0.15, -0.1) is 0 Å². The molecule has 0 saturated carbocycles. The van der Waals surface area contributed by atoms with Gasteiger partial charge in [-0.05, 0) is 11.1 Å². The van der Waals surface area contributed by atoms with Crippen molar-refractivity contribution in [1.82, 2.24) is 0 Å². The average Bonchev–Trinajstić information content (AvgIpc) is 2.04. The summed E-state index contributed by atoms with van der Waals surface area (Å²) in [5, 5.41) is 0. The highest BCUT2D eigenvalue weighted by atomic mass is 32.2. The van der Waals surface area contributed by atoms with Crippen LogP contribution in [0.1, 0.15) is 11.1 Å². The van der Waals surface area contributed by atoms with Crippen molar-refractivity contribution in [2.75, 3.05) is 0 Å². The molecule has 1 rings (SSSR count). The van der Waals surface area contributed by atoms with Gasteiger partial charge in [0.15, 0.2) is 11.1 Å². The van der Waals surface area contributed by atoms with Crippen LogP contribution in [-0.2, 0) is 23.4 Å². The minimum Gasteiger partial charge on any atom is -0.326 e. The van der Waals surface area contributed by atoms with E-state index >= 15 is 0 Å². The van der Waals surface area contributed by atoms with E-state index in [1.54, 1.807) is 0 Å². The lowest BCUT2D eigenvalue weighted by Crippen LogP contribution is -2.03. The molecule has 0 amide bonds. The maximum atomic E-state index is 10.5. The fourth-order valence-corrected chi connectivity index (χ4v) is 1.58. The van der Waals surface area contributed by atoms with Crippen molar-refractivity contribution in [3.8, 4) is 0 Å². The highest BCUT2D eigenvalue weighted by molar-refractivity contribution is 7.78. The van der Waals surface area contributed by atoms with Crippen molar-refractivity contribution in [2.24, 2.45) is 5.73 Å². The van der Waals surface area contributed by atoms with E-state index in [1.165, 1.54) is 0 Å². The zero-order chi connectivity index (χ0) is 8.97. The average molecular weight is 185 g/mol. The molecule has 1 unspecified atom stereocenters. The number of nitrogens with two attached hydrogens (primary N) is 1. The van der Waals surface area contributed by atoms with Crippen LogP contribution in [0.3, 0.4) is 0 Å². The molecule has 66 valence electrons. The summed E-state index contributed by atoms with van der Waals surface area (Å²) in [4.78, 5) is 0. The van der Waals surface area contributed by atoms with Crippen LogP contribution in [-0.4, -0.2) is 8.76 Å². The fraction of sp³-hybridized carbons (Fsp3) is 0.250. The molecule has 3 nitrogen and oxygen atoms in total. The molecule has 0 aliphatic heterocycles. The molecule has 0 saturated heterocycles. The van der Waals surface area contributed by atoms with Gasteiger partial charge in [0.2, 0.25) is 0 Å². The first kappa shape index (κ1) is 9.38. The lowest BCUT2D eigenvalue weighted by Gasteiger charge is -2.03. The minimum atomic E-state index is -1.78. The second kappa shape index (κ2) is 4.35. The Hall–Kier alpha value is -0.710. The Kier molecular flexibility index (Phi) is 3.40. The van der Waals surface area contributed by atoms with E-state index < -0.39 is 11.1 Å². The molecule has 0 spiro atoms. The topological polar surface area (TPSA) is 63.3 Å². The Bertz CT molecular complexity index is 288. The van der Waals surface area contributed by atoms with Gasteiger partial charge in [0, 0.05) is 6.54 Å². The molecule has 4 heteroatoms. The summed E-state index contributed by atoms with van der Waals surface area (Å²) >= 11 is -1.78. The first-order chi connectivity index (χ1) is 5.74. The van der Waals surface area contributed by atoms with Gasteiger partial charge in [-0.2, -0.15) is 0 Å². The third-order valence-electron chi connectivity index (χ3n) is 1.62. The molecular weight excluding hydrogens is 174 g/mol. The van der Waals surface area contributed by atoms with Crippen LogP contribution < -0.4 is 5.73 Å². The summed E-state index contributed by atoms with van der Waals surface area (Å²) in [6, 6.07) is 7.38. The van der Waals surface area contributed by atoms with Gasteiger partial charge in [0.25, 0.3) is 0 Å². The second-order valence-electron chi connectivity index (χ2n) is 2.44. The predicted molar refractivity (Wildman–Crippen MR) is 48.8 cm³/mol. The van der Waals surface area contributed by atoms with Crippen molar-refractivity contribution in [3.63, 3.8) is 0 Å². The van der Waals surface area contributed by atoms with E-state index in [9.17, 15) is 4.21 Å². The van der Waals surface area contributed by atoms with Crippen molar-refractivity contribution in [1.29, 1.82) is 0 Å². The summed E-state index contributed by atoms with van der Waals surface area (Å²) in [5.41, 5.74) is 7.22. The number of rotatable bonds is 3. The van der Waals surface area contributed by atoms with E-state index in [0.717, 1.165) is 11.1 Å². The third-order valence-corrected chi connectivity index (χ3v) is 2.18. The molecule has 0 bridgehead atoms. The first-order valence-corrected chi connectivity index (χ1v) is 4.86. The van der Waals surface area contributed by atoms with Crippen LogP contribution >= 0.6 is 0 Å². The smallest absolute Gasteiger partial charge is 0.157 e. The van der Waals surface area contributed by atoms with Gasteiger partial charge in [0.05, 0.1) is 5.75 Å². The molecule has 0 radical (unpaired) electrons. The van der Waals surface area contributed by atoms with Crippen LogP contribution in [0.4, 0.5) is 0 Å². The molecule has 0 aliphatic rings. The quantitative estimate of drug-likeness (QED) is 0.687. The molecule has 0 fully saturated rings. The number of hydrogen-bond donors (Lipinski definition) is 2. The number of hydrogen-bond acceptors (Lipinski definition) is 2. The summed E-state index contributed by atoms with van der Waals surface area (Å²) < 4.78 is 19.2. The highest BCUT2D eigenvalue weighted by Crippen LogP contribution is 2.09. The normalized spacial score (nSPS) is 12.8. The van der Waals surface area contributed by atoms with E-state index in [1.807, 2.05) is 24.3 Å². The SMILES string of the molecule is NCc1ccccc1CS(=O)O. The molecule has 3 N–H and O–H groups in total. The third kappa shape index (κ3) is 2.41. The maximum absolute atomic E-state index is 10.5. The molecule has 0 aliphatic carbocycles. The first-order valence-electron chi connectivity index (χ1n) is 3.58. The Labute approximate surface area is 73.9 Å². The lowest BCUT2D eigenvalue weighted by atomic mass is 10.1. The van der Waals surface area contributed by atoms with Crippen molar-refractivity contribution < 1.29 is 8.76 Å². The molecule has 1 atom stereocenters. The monoisotopic (exact) mass is 185 g/mol. The Morgan fingerprint density at radius 2 is 1.92 bits per heavy atom. The van der Waals surface area contributed by atoms with Crippen LogP contribution in [0.15, 0.2) is 24.3 Å². The van der Waals surface area contributed by atoms with Crippen molar-refractivity contribution >= 4 is 11.1 Å². The van der Waals surface area contributed by atoms with Crippen LogP contribution in [0, 0.1) is 0 Å². The fourth-order valence-electron chi connectivity index (χ4n) is 1.03. The molecule has 1 aromatic rings. The second-order valence-corrected chi connectivity index (χ2v) is 3.37. The standard InChI is InChI=1S/C8H11NO2S/c9-5-7-3-1-2-4-8(7)6-12(10)11/h1-4H,5-6,9H2,(H,10,11). The van der Waals surface area contributed by atoms with Crippen LogP contribution in [0.5, 0.6) is 0 Å². The summed E-state index contributed by atoms with van der Waals surface area (Å²) in [6.07, 6.45) is 0. The Morgan fingerprint density at radius 3 is 2.42 bits per heavy atom. The largest absolute Gasteiger partial charge is 0.326 e. The van der Waals surface area contributed by atoms with E-state index in [2.05, 4.69) is 0 Å². The molecule has 12 heavy (non-hydrogen) atoms. The summed E-state index contributed by atoms with van der Waals surface area (Å²) in [5.74, 6) is 0.160. The van der Waals surface area contributed by atoms with E-state index in [4.69, 9.17) is 10.3 Å². The lowest BCUT2D eigenvalue weighted by molar-refractivity contribution is 0.563. The summed E-state index contributed by atoms with van der Waals surface area (Å²) in [6.45, 7) is 0.410. The van der Waals surface area contributed by atoms with Crippen LogP contribution in [0.25, 0.3) is 0 Å². The van der Waals surface area contributed by atoms with Crippen molar-refractivity contribution in [2.45, 2.75) is 12.3 Å². The van der Waals surface area contributed by atoms with Gasteiger partial charge < -0.3 is 10.3 Å². The molecule has 0 aromatic heterocycles. The maximum Gasteiger partial charge on any atom is 0.157 e. The highest BCUT2D eigenvalue weighted by Gasteiger charge is 2.01. The molecular formula is C8H11NO2S. The van der Waals surface area contributed by atoms with Gasteiger partial charge in [-0.1, -0.05) is 24.3 Å². The number of benzene rings is 1. The Morgan fingerprint density at radius 1 is 1.33 bits per heavy atom.